The van der Waals surface area contributed by atoms with Gasteiger partial charge in [-0.2, -0.15) is 0 Å². The number of likely N-dealkylation sites (N-methyl/N-ethyl adjacent to an activating group) is 1. The van der Waals surface area contributed by atoms with Crippen LogP contribution in [0.15, 0.2) is 48.5 Å². The summed E-state index contributed by atoms with van der Waals surface area (Å²) >= 11 is 0. The van der Waals surface area contributed by atoms with Gasteiger partial charge in [0, 0.05) is 45.9 Å². The molecule has 1 amide bonds. The quantitative estimate of drug-likeness (QED) is 0.561. The van der Waals surface area contributed by atoms with Crippen LogP contribution < -0.4 is 10.1 Å². The minimum absolute atomic E-state index is 0.134. The van der Waals surface area contributed by atoms with Gasteiger partial charge in [0.2, 0.25) is 0 Å². The standard InChI is InChI=1S/C25H35N3O3/c1-3-27-13-15-28(16-14-27)20-22-11-9-21(10-12-22)19-26-25(29)23-7-5-6-8-24(23)31-18-17-30-4-2/h5-12H,3-4,13-20H2,1-2H3,(H,26,29). The first-order valence-electron chi connectivity index (χ1n) is 11.3. The molecule has 6 heteroatoms. The Morgan fingerprint density at radius 3 is 2.29 bits per heavy atom. The Bertz CT molecular complexity index is 802. The molecule has 1 fully saturated rings. The van der Waals surface area contributed by atoms with Gasteiger partial charge in [0.25, 0.3) is 5.91 Å². The summed E-state index contributed by atoms with van der Waals surface area (Å²) in [6, 6.07) is 15.8. The molecule has 2 aromatic rings. The predicted molar refractivity (Wildman–Crippen MR) is 123 cm³/mol. The lowest BCUT2D eigenvalue weighted by atomic mass is 10.1. The second kappa shape index (κ2) is 12.4. The summed E-state index contributed by atoms with van der Waals surface area (Å²) in [6.07, 6.45) is 0. The average Bonchev–Trinajstić information content (AvgIpc) is 2.82. The maximum absolute atomic E-state index is 12.7. The first-order chi connectivity index (χ1) is 15.2. The number of carbonyl (C=O) groups excluding carboxylic acids is 1. The molecule has 0 spiro atoms. The third-order valence-electron chi connectivity index (χ3n) is 5.62. The molecular weight excluding hydrogens is 390 g/mol. The number of rotatable bonds is 11. The molecule has 2 aromatic carbocycles. The van der Waals surface area contributed by atoms with Crippen LogP contribution in [-0.4, -0.2) is 68.3 Å². The minimum atomic E-state index is -0.134. The molecule has 1 aliphatic rings. The molecule has 0 bridgehead atoms. The number of hydrogen-bond donors (Lipinski definition) is 1. The van der Waals surface area contributed by atoms with E-state index in [1.807, 2.05) is 25.1 Å². The SMILES string of the molecule is CCOCCOc1ccccc1C(=O)NCc1ccc(CN2CCN(CC)CC2)cc1. The molecule has 6 nitrogen and oxygen atoms in total. The van der Waals surface area contributed by atoms with Crippen LogP contribution >= 0.6 is 0 Å². The second-order valence-corrected chi connectivity index (χ2v) is 7.75. The Morgan fingerprint density at radius 1 is 0.903 bits per heavy atom. The lowest BCUT2D eigenvalue weighted by Gasteiger charge is -2.34. The molecular formula is C25H35N3O3. The van der Waals surface area contributed by atoms with Crippen LogP contribution in [-0.2, 0) is 17.8 Å². The van der Waals surface area contributed by atoms with Gasteiger partial charge < -0.3 is 19.7 Å². The molecule has 0 radical (unpaired) electrons. The van der Waals surface area contributed by atoms with Gasteiger partial charge in [0.1, 0.15) is 12.4 Å². The monoisotopic (exact) mass is 425 g/mol. The molecule has 1 heterocycles. The number of para-hydroxylation sites is 1. The topological polar surface area (TPSA) is 54.0 Å². The summed E-state index contributed by atoms with van der Waals surface area (Å²) in [7, 11) is 0. The van der Waals surface area contributed by atoms with Crippen LogP contribution in [0.4, 0.5) is 0 Å². The maximum Gasteiger partial charge on any atom is 0.255 e. The molecule has 0 unspecified atom stereocenters. The minimum Gasteiger partial charge on any atom is -0.490 e. The highest BCUT2D eigenvalue weighted by Gasteiger charge is 2.15. The summed E-state index contributed by atoms with van der Waals surface area (Å²) in [5, 5.41) is 3.00. The lowest BCUT2D eigenvalue weighted by Crippen LogP contribution is -2.45. The van der Waals surface area contributed by atoms with Crippen molar-refractivity contribution in [2.45, 2.75) is 26.9 Å². The van der Waals surface area contributed by atoms with Crippen LogP contribution in [0, 0.1) is 0 Å². The van der Waals surface area contributed by atoms with Crippen LogP contribution in [0.1, 0.15) is 35.3 Å². The molecule has 0 aromatic heterocycles. The van der Waals surface area contributed by atoms with Crippen molar-refractivity contribution < 1.29 is 14.3 Å². The van der Waals surface area contributed by atoms with Crippen LogP contribution in [0.5, 0.6) is 5.75 Å². The van der Waals surface area contributed by atoms with Crippen molar-refractivity contribution in [1.29, 1.82) is 0 Å². The first kappa shape index (κ1) is 23.3. The van der Waals surface area contributed by atoms with E-state index in [0.717, 1.165) is 44.8 Å². The van der Waals surface area contributed by atoms with Gasteiger partial charge in [0.15, 0.2) is 0 Å². The van der Waals surface area contributed by atoms with E-state index in [4.69, 9.17) is 9.47 Å². The normalized spacial score (nSPS) is 15.0. The Morgan fingerprint density at radius 2 is 1.58 bits per heavy atom. The molecule has 168 valence electrons. The molecule has 1 aliphatic heterocycles. The van der Waals surface area contributed by atoms with Crippen LogP contribution in [0.25, 0.3) is 0 Å². The zero-order chi connectivity index (χ0) is 21.9. The van der Waals surface area contributed by atoms with Crippen molar-refractivity contribution in [2.75, 3.05) is 52.5 Å². The Balaban J connectivity index is 1.47. The highest BCUT2D eigenvalue weighted by molar-refractivity contribution is 5.96. The molecule has 1 saturated heterocycles. The van der Waals surface area contributed by atoms with Crippen molar-refractivity contribution in [3.63, 3.8) is 0 Å². The van der Waals surface area contributed by atoms with Crippen molar-refractivity contribution >= 4 is 5.91 Å². The van der Waals surface area contributed by atoms with Crippen LogP contribution in [0.3, 0.4) is 0 Å². The highest BCUT2D eigenvalue weighted by Crippen LogP contribution is 2.18. The van der Waals surface area contributed by atoms with E-state index < -0.39 is 0 Å². The number of nitrogens with one attached hydrogen (secondary N) is 1. The molecule has 0 atom stereocenters. The zero-order valence-electron chi connectivity index (χ0n) is 18.8. The number of carbonyl (C=O) groups is 1. The van der Waals surface area contributed by atoms with Crippen molar-refractivity contribution in [1.82, 2.24) is 15.1 Å². The average molecular weight is 426 g/mol. The zero-order valence-corrected chi connectivity index (χ0v) is 18.8. The fourth-order valence-electron chi connectivity index (χ4n) is 3.70. The van der Waals surface area contributed by atoms with E-state index in [0.29, 0.717) is 37.7 Å². The third kappa shape index (κ3) is 7.35. The smallest absolute Gasteiger partial charge is 0.255 e. The van der Waals surface area contributed by atoms with Gasteiger partial charge in [0.05, 0.1) is 12.2 Å². The Kier molecular flexibility index (Phi) is 9.34. The molecule has 0 aliphatic carbocycles. The summed E-state index contributed by atoms with van der Waals surface area (Å²) < 4.78 is 11.0. The summed E-state index contributed by atoms with van der Waals surface area (Å²) in [6.45, 7) is 12.9. The summed E-state index contributed by atoms with van der Waals surface area (Å²) in [5.41, 5.74) is 2.94. The molecule has 3 rings (SSSR count). The molecule has 1 N–H and O–H groups in total. The molecule has 31 heavy (non-hydrogen) atoms. The van der Waals surface area contributed by atoms with E-state index in [1.54, 1.807) is 6.07 Å². The number of benzene rings is 2. The number of piperazine rings is 1. The summed E-state index contributed by atoms with van der Waals surface area (Å²) in [4.78, 5) is 17.7. The number of ether oxygens (including phenoxy) is 2. The van der Waals surface area contributed by atoms with E-state index >= 15 is 0 Å². The van der Waals surface area contributed by atoms with E-state index in [-0.39, 0.29) is 5.91 Å². The van der Waals surface area contributed by atoms with Gasteiger partial charge >= 0.3 is 0 Å². The van der Waals surface area contributed by atoms with E-state index in [2.05, 4.69) is 46.3 Å². The van der Waals surface area contributed by atoms with E-state index in [1.165, 1.54) is 5.56 Å². The largest absolute Gasteiger partial charge is 0.490 e. The highest BCUT2D eigenvalue weighted by atomic mass is 16.5. The van der Waals surface area contributed by atoms with Gasteiger partial charge in [-0.25, -0.2) is 0 Å². The second-order valence-electron chi connectivity index (χ2n) is 7.75. The van der Waals surface area contributed by atoms with E-state index in [9.17, 15) is 4.79 Å². The maximum atomic E-state index is 12.7. The lowest BCUT2D eigenvalue weighted by molar-refractivity contribution is 0.0934. The van der Waals surface area contributed by atoms with Crippen molar-refractivity contribution in [2.24, 2.45) is 0 Å². The number of amides is 1. The molecule has 0 saturated carbocycles. The Hall–Kier alpha value is -2.41. The van der Waals surface area contributed by atoms with Crippen molar-refractivity contribution in [3.8, 4) is 5.75 Å². The third-order valence-corrected chi connectivity index (χ3v) is 5.62. The van der Waals surface area contributed by atoms with Gasteiger partial charge in [-0.05, 0) is 36.7 Å². The van der Waals surface area contributed by atoms with Crippen LogP contribution in [0.2, 0.25) is 0 Å². The van der Waals surface area contributed by atoms with Crippen molar-refractivity contribution in [3.05, 3.63) is 65.2 Å². The Labute approximate surface area is 186 Å². The predicted octanol–water partition coefficient (Wildman–Crippen LogP) is 3.17. The first-order valence-corrected chi connectivity index (χ1v) is 11.3. The van der Waals surface area contributed by atoms with Gasteiger partial charge in [-0.15, -0.1) is 0 Å². The number of hydrogen-bond acceptors (Lipinski definition) is 5. The van der Waals surface area contributed by atoms with Gasteiger partial charge in [-0.3, -0.25) is 9.69 Å². The fraction of sp³-hybridized carbons (Fsp3) is 0.480. The number of nitrogens with zero attached hydrogens (tertiary/aromatic N) is 2. The fourth-order valence-corrected chi connectivity index (χ4v) is 3.70. The summed E-state index contributed by atoms with van der Waals surface area (Å²) in [5.74, 6) is 0.447. The van der Waals surface area contributed by atoms with Gasteiger partial charge in [-0.1, -0.05) is 43.3 Å².